The number of nitrogens with one attached hydrogen (secondary N) is 1. The van der Waals surface area contributed by atoms with E-state index in [1.165, 1.54) is 50.6 Å². The number of anilines is 1. The third-order valence-electron chi connectivity index (χ3n) is 4.90. The van der Waals surface area contributed by atoms with Gasteiger partial charge in [-0.25, -0.2) is 14.4 Å². The van der Waals surface area contributed by atoms with Crippen molar-refractivity contribution in [3.05, 3.63) is 90.0 Å². The molecule has 10 heteroatoms. The molecule has 3 aromatic rings. The molecule has 3 rings (SSSR count). The Balaban J connectivity index is 1.91. The second kappa shape index (κ2) is 12.0. The van der Waals surface area contributed by atoms with E-state index in [-0.39, 0.29) is 11.1 Å². The summed E-state index contributed by atoms with van der Waals surface area (Å²) in [6.45, 7) is 0. The first-order chi connectivity index (χ1) is 17.3. The molecule has 0 fully saturated rings. The number of hydrogen-bond donors (Lipinski definition) is 2. The van der Waals surface area contributed by atoms with Gasteiger partial charge in [-0.05, 0) is 48.5 Å². The predicted octanol–water partition coefficient (Wildman–Crippen LogP) is 3.18. The highest BCUT2D eigenvalue weighted by Gasteiger charge is 2.41. The maximum absolute atomic E-state index is 13.1. The molecule has 0 aromatic heterocycles. The van der Waals surface area contributed by atoms with Gasteiger partial charge in [-0.15, -0.1) is 0 Å². The maximum atomic E-state index is 13.1. The van der Waals surface area contributed by atoms with E-state index in [1.807, 2.05) is 0 Å². The molecule has 2 N–H and O–H groups in total. The minimum Gasteiger partial charge on any atom is -0.497 e. The van der Waals surface area contributed by atoms with Crippen molar-refractivity contribution in [1.29, 1.82) is 0 Å². The maximum Gasteiger partial charge on any atom is 0.349 e. The zero-order valence-electron chi connectivity index (χ0n) is 19.4. The monoisotopic (exact) mass is 493 g/mol. The Morgan fingerprint density at radius 3 is 1.67 bits per heavy atom. The number of carbonyl (C=O) groups is 4. The summed E-state index contributed by atoms with van der Waals surface area (Å²) in [5.41, 5.74) is 0.283. The van der Waals surface area contributed by atoms with Crippen molar-refractivity contribution in [1.82, 2.24) is 0 Å². The lowest BCUT2D eigenvalue weighted by Gasteiger charge is -2.23. The van der Waals surface area contributed by atoms with E-state index in [4.69, 9.17) is 18.9 Å². The molecule has 0 heterocycles. The number of carbonyl (C=O) groups excluding carboxylic acids is 3. The fraction of sp³-hybridized carbons (Fsp3) is 0.154. The van der Waals surface area contributed by atoms with E-state index in [0.717, 1.165) is 0 Å². The van der Waals surface area contributed by atoms with E-state index in [2.05, 4.69) is 5.32 Å². The third-order valence-corrected chi connectivity index (χ3v) is 4.90. The normalized spacial score (nSPS) is 11.9. The molecule has 0 bridgehead atoms. The topological polar surface area (TPSA) is 137 Å². The lowest BCUT2D eigenvalue weighted by atomic mass is 10.1. The van der Waals surface area contributed by atoms with Gasteiger partial charge < -0.3 is 29.4 Å². The van der Waals surface area contributed by atoms with E-state index >= 15 is 0 Å². The first-order valence-corrected chi connectivity index (χ1v) is 10.6. The average Bonchev–Trinajstić information content (AvgIpc) is 2.90. The van der Waals surface area contributed by atoms with Gasteiger partial charge in [-0.3, -0.25) is 4.79 Å². The van der Waals surface area contributed by atoms with E-state index in [1.54, 1.807) is 42.5 Å². The SMILES string of the molecule is COc1cccc(C(=O)O[C@H](C(=O)O)[C@@H](OC(=O)c2cccc(OC)c2)C(=O)Nc2ccccc2)c1. The minimum absolute atomic E-state index is 0.00452. The summed E-state index contributed by atoms with van der Waals surface area (Å²) in [5, 5.41) is 12.3. The molecule has 0 unspecified atom stereocenters. The molecule has 0 radical (unpaired) electrons. The first-order valence-electron chi connectivity index (χ1n) is 10.6. The van der Waals surface area contributed by atoms with Crippen LogP contribution in [0.15, 0.2) is 78.9 Å². The number of carboxylic acids is 1. The molecule has 36 heavy (non-hydrogen) atoms. The van der Waals surface area contributed by atoms with E-state index < -0.39 is 36.0 Å². The highest BCUT2D eigenvalue weighted by molar-refractivity contribution is 6.01. The highest BCUT2D eigenvalue weighted by Crippen LogP contribution is 2.19. The zero-order chi connectivity index (χ0) is 26.1. The summed E-state index contributed by atoms with van der Waals surface area (Å²) < 4.78 is 20.6. The molecule has 1 amide bonds. The van der Waals surface area contributed by atoms with Crippen molar-refractivity contribution in [3.8, 4) is 11.5 Å². The van der Waals surface area contributed by atoms with Crippen LogP contribution in [-0.4, -0.2) is 55.3 Å². The molecule has 0 aliphatic rings. The lowest BCUT2D eigenvalue weighted by molar-refractivity contribution is -0.157. The van der Waals surface area contributed by atoms with Gasteiger partial charge in [0.05, 0.1) is 25.3 Å². The fourth-order valence-corrected chi connectivity index (χ4v) is 3.10. The van der Waals surface area contributed by atoms with Crippen LogP contribution in [0.25, 0.3) is 0 Å². The number of methoxy groups -OCH3 is 2. The van der Waals surface area contributed by atoms with Crippen molar-refractivity contribution in [2.75, 3.05) is 19.5 Å². The second-order valence-electron chi connectivity index (χ2n) is 7.31. The Kier molecular flexibility index (Phi) is 8.60. The second-order valence-corrected chi connectivity index (χ2v) is 7.31. The van der Waals surface area contributed by atoms with Gasteiger partial charge in [0.15, 0.2) is 0 Å². The molecule has 3 aromatic carbocycles. The van der Waals surface area contributed by atoms with Gasteiger partial charge >= 0.3 is 17.9 Å². The predicted molar refractivity (Wildman–Crippen MR) is 127 cm³/mol. The first kappa shape index (κ1) is 25.8. The molecular formula is C26H23NO9. The summed E-state index contributed by atoms with van der Waals surface area (Å²) in [5.74, 6) is -4.11. The fourth-order valence-electron chi connectivity index (χ4n) is 3.10. The van der Waals surface area contributed by atoms with Crippen molar-refractivity contribution in [2.24, 2.45) is 0 Å². The molecule has 0 spiro atoms. The van der Waals surface area contributed by atoms with Crippen LogP contribution in [0.4, 0.5) is 5.69 Å². The van der Waals surface area contributed by atoms with Crippen LogP contribution in [0.3, 0.4) is 0 Å². The number of ether oxygens (including phenoxy) is 4. The van der Waals surface area contributed by atoms with Crippen molar-refractivity contribution in [3.63, 3.8) is 0 Å². The Hall–Kier alpha value is -4.86. The van der Waals surface area contributed by atoms with Gasteiger partial charge in [-0.2, -0.15) is 0 Å². The standard InChI is InChI=1S/C26H23NO9/c1-33-19-12-6-8-16(14-19)25(31)35-21(23(28)27-18-10-4-3-5-11-18)22(24(29)30)36-26(32)17-9-7-13-20(15-17)34-2/h3-15,21-22H,1-2H3,(H,27,28)(H,29,30)/t21-,22+/m1/s1. The molecule has 0 aliphatic carbocycles. The number of esters is 2. The van der Waals surface area contributed by atoms with E-state index in [0.29, 0.717) is 17.2 Å². The zero-order valence-corrected chi connectivity index (χ0v) is 19.4. The molecule has 186 valence electrons. The number of carboxylic acid groups (broad SMARTS) is 1. The Morgan fingerprint density at radius 1 is 0.694 bits per heavy atom. The molecule has 0 saturated carbocycles. The molecule has 0 aliphatic heterocycles. The number of amides is 1. The Bertz CT molecular complexity index is 1240. The third kappa shape index (κ3) is 6.60. The Morgan fingerprint density at radius 2 is 1.19 bits per heavy atom. The van der Waals surface area contributed by atoms with Gasteiger partial charge in [0, 0.05) is 5.69 Å². The van der Waals surface area contributed by atoms with Gasteiger partial charge in [-0.1, -0.05) is 30.3 Å². The number of hydrogen-bond acceptors (Lipinski definition) is 8. The van der Waals surface area contributed by atoms with Crippen LogP contribution in [0, 0.1) is 0 Å². The smallest absolute Gasteiger partial charge is 0.349 e. The largest absolute Gasteiger partial charge is 0.497 e. The minimum atomic E-state index is -2.16. The van der Waals surface area contributed by atoms with E-state index in [9.17, 15) is 24.3 Å². The number of aliphatic carboxylic acids is 1. The molecular weight excluding hydrogens is 470 g/mol. The van der Waals surface area contributed by atoms with Gasteiger partial charge in [0.1, 0.15) is 11.5 Å². The Labute approximate surface area is 206 Å². The summed E-state index contributed by atoms with van der Waals surface area (Å²) in [6.07, 6.45) is -4.20. The van der Waals surface area contributed by atoms with Crippen molar-refractivity contribution >= 4 is 29.5 Å². The number of para-hydroxylation sites is 1. The molecule has 2 atom stereocenters. The van der Waals surface area contributed by atoms with Crippen molar-refractivity contribution in [2.45, 2.75) is 12.2 Å². The quantitative estimate of drug-likeness (QED) is 0.408. The van der Waals surface area contributed by atoms with Crippen LogP contribution in [-0.2, 0) is 19.1 Å². The summed E-state index contributed by atoms with van der Waals surface area (Å²) in [6, 6.07) is 19.8. The van der Waals surface area contributed by atoms with Crippen LogP contribution >= 0.6 is 0 Å². The lowest BCUT2D eigenvalue weighted by Crippen LogP contribution is -2.48. The van der Waals surface area contributed by atoms with Crippen LogP contribution in [0.2, 0.25) is 0 Å². The average molecular weight is 493 g/mol. The summed E-state index contributed by atoms with van der Waals surface area (Å²) in [4.78, 5) is 50.8. The van der Waals surface area contributed by atoms with Crippen LogP contribution in [0.5, 0.6) is 11.5 Å². The van der Waals surface area contributed by atoms with Gasteiger partial charge in [0.25, 0.3) is 5.91 Å². The van der Waals surface area contributed by atoms with Crippen LogP contribution < -0.4 is 14.8 Å². The van der Waals surface area contributed by atoms with Crippen molar-refractivity contribution < 1.29 is 43.2 Å². The molecule has 0 saturated heterocycles. The number of benzene rings is 3. The summed E-state index contributed by atoms with van der Waals surface area (Å²) in [7, 11) is 2.80. The van der Waals surface area contributed by atoms with Crippen LogP contribution in [0.1, 0.15) is 20.7 Å². The highest BCUT2D eigenvalue weighted by atomic mass is 16.6. The van der Waals surface area contributed by atoms with Gasteiger partial charge in [0.2, 0.25) is 12.2 Å². The molecule has 10 nitrogen and oxygen atoms in total. The number of rotatable bonds is 10. The summed E-state index contributed by atoms with van der Waals surface area (Å²) >= 11 is 0.